The first-order valence-corrected chi connectivity index (χ1v) is 4.98. The summed E-state index contributed by atoms with van der Waals surface area (Å²) < 4.78 is 37.2. The van der Waals surface area contributed by atoms with Gasteiger partial charge in [-0.05, 0) is 12.3 Å². The molecule has 0 N–H and O–H groups in total. The Bertz CT molecular complexity index is 392. The lowest BCUT2D eigenvalue weighted by Gasteiger charge is -2.10. The van der Waals surface area contributed by atoms with Gasteiger partial charge in [0.15, 0.2) is 0 Å². The molecule has 0 bridgehead atoms. The molecule has 7 heteroatoms. The Morgan fingerprint density at radius 1 is 1.40 bits per heavy atom. The Labute approximate surface area is 87.4 Å². The van der Waals surface area contributed by atoms with Gasteiger partial charge < -0.3 is 0 Å². The van der Waals surface area contributed by atoms with Crippen LogP contribution in [0, 0.1) is 10.1 Å². The van der Waals surface area contributed by atoms with Gasteiger partial charge in [0, 0.05) is 17.0 Å². The average Bonchev–Trinajstić information content (AvgIpc) is 2.15. The minimum absolute atomic E-state index is 0.142. The van der Waals surface area contributed by atoms with Gasteiger partial charge in [-0.2, -0.15) is 13.2 Å². The van der Waals surface area contributed by atoms with Gasteiger partial charge in [-0.3, -0.25) is 10.1 Å². The zero-order valence-corrected chi connectivity index (χ0v) is 8.35. The summed E-state index contributed by atoms with van der Waals surface area (Å²) in [5.41, 5.74) is -1.19. The summed E-state index contributed by atoms with van der Waals surface area (Å²) >= 11 is 0.829. The highest BCUT2D eigenvalue weighted by molar-refractivity contribution is 7.98. The van der Waals surface area contributed by atoms with Crippen LogP contribution in [0.15, 0.2) is 23.1 Å². The molecule has 0 spiro atoms. The number of hydrogen-bond acceptors (Lipinski definition) is 3. The summed E-state index contributed by atoms with van der Waals surface area (Å²) in [6, 6.07) is 2.50. The second kappa shape index (κ2) is 4.09. The van der Waals surface area contributed by atoms with E-state index in [0.29, 0.717) is 0 Å². The Morgan fingerprint density at radius 2 is 2.00 bits per heavy atom. The monoisotopic (exact) mass is 237 g/mol. The highest BCUT2D eigenvalue weighted by atomic mass is 32.2. The van der Waals surface area contributed by atoms with Crippen molar-refractivity contribution in [3.05, 3.63) is 33.9 Å². The molecule has 0 saturated carbocycles. The molecule has 0 atom stereocenters. The zero-order chi connectivity index (χ0) is 11.6. The molecule has 0 aliphatic carbocycles. The van der Waals surface area contributed by atoms with Crippen LogP contribution < -0.4 is 0 Å². The number of halogens is 3. The largest absolute Gasteiger partial charge is 0.417 e. The van der Waals surface area contributed by atoms with Crippen LogP contribution in [0.3, 0.4) is 0 Å². The lowest BCUT2D eigenvalue weighted by atomic mass is 10.2. The zero-order valence-electron chi connectivity index (χ0n) is 7.54. The van der Waals surface area contributed by atoms with Crippen LogP contribution in [-0.2, 0) is 6.18 Å². The van der Waals surface area contributed by atoms with Crippen molar-refractivity contribution in [1.82, 2.24) is 0 Å². The van der Waals surface area contributed by atoms with Gasteiger partial charge in [0.1, 0.15) is 0 Å². The molecule has 0 aliphatic heterocycles. The van der Waals surface area contributed by atoms with E-state index < -0.39 is 16.7 Å². The average molecular weight is 237 g/mol. The normalized spacial score (nSPS) is 11.5. The van der Waals surface area contributed by atoms with Crippen molar-refractivity contribution in [3.63, 3.8) is 0 Å². The Morgan fingerprint density at radius 3 is 2.40 bits per heavy atom. The number of nitro benzene ring substituents is 1. The predicted octanol–water partition coefficient (Wildman–Crippen LogP) is 3.34. The van der Waals surface area contributed by atoms with Gasteiger partial charge in [-0.25, -0.2) is 0 Å². The Hall–Kier alpha value is -1.24. The van der Waals surface area contributed by atoms with Crippen LogP contribution in [0.5, 0.6) is 0 Å². The number of benzene rings is 1. The standard InChI is InChI=1S/C8H6F3NO2S/c1-15-7-4-5(12(13)14)2-3-6(7)8(9,10)11/h2-4H,1H3. The fourth-order valence-electron chi connectivity index (χ4n) is 1.03. The lowest BCUT2D eigenvalue weighted by Crippen LogP contribution is -2.07. The molecule has 1 rings (SSSR count). The van der Waals surface area contributed by atoms with Gasteiger partial charge in [-0.1, -0.05) is 0 Å². The topological polar surface area (TPSA) is 43.1 Å². The van der Waals surface area contributed by atoms with E-state index in [0.717, 1.165) is 30.0 Å². The molecule has 3 nitrogen and oxygen atoms in total. The number of hydrogen-bond donors (Lipinski definition) is 0. The molecule has 1 aromatic rings. The molecule has 0 radical (unpaired) electrons. The number of alkyl halides is 3. The molecule has 0 fully saturated rings. The number of non-ortho nitro benzene ring substituents is 1. The molecule has 0 aliphatic rings. The van der Waals surface area contributed by atoms with Crippen molar-refractivity contribution < 1.29 is 18.1 Å². The number of nitrogens with zero attached hydrogens (tertiary/aromatic N) is 1. The molecule has 0 saturated heterocycles. The smallest absolute Gasteiger partial charge is 0.258 e. The van der Waals surface area contributed by atoms with Gasteiger partial charge in [0.25, 0.3) is 5.69 Å². The van der Waals surface area contributed by atoms with Gasteiger partial charge in [0.2, 0.25) is 0 Å². The van der Waals surface area contributed by atoms with Crippen LogP contribution in [0.1, 0.15) is 5.56 Å². The van der Waals surface area contributed by atoms with Crippen LogP contribution in [0.2, 0.25) is 0 Å². The van der Waals surface area contributed by atoms with Gasteiger partial charge in [0.05, 0.1) is 10.5 Å². The Kier molecular flexibility index (Phi) is 3.23. The highest BCUT2D eigenvalue weighted by Gasteiger charge is 2.34. The maximum atomic E-state index is 12.4. The first kappa shape index (κ1) is 11.8. The minimum Gasteiger partial charge on any atom is -0.258 e. The van der Waals surface area contributed by atoms with Crippen LogP contribution in [0.4, 0.5) is 18.9 Å². The van der Waals surface area contributed by atoms with E-state index >= 15 is 0 Å². The molecule has 0 unspecified atom stereocenters. The summed E-state index contributed by atoms with van der Waals surface area (Å²) in [5, 5.41) is 10.3. The molecule has 15 heavy (non-hydrogen) atoms. The molecule has 82 valence electrons. The van der Waals surface area contributed by atoms with Crippen molar-refractivity contribution >= 4 is 17.4 Å². The van der Waals surface area contributed by atoms with E-state index in [-0.39, 0.29) is 10.6 Å². The first-order valence-electron chi connectivity index (χ1n) is 3.76. The third kappa shape index (κ3) is 2.62. The molecular weight excluding hydrogens is 231 g/mol. The van der Waals surface area contributed by atoms with E-state index in [1.54, 1.807) is 0 Å². The third-order valence-electron chi connectivity index (χ3n) is 1.70. The van der Waals surface area contributed by atoms with E-state index in [2.05, 4.69) is 0 Å². The van der Waals surface area contributed by atoms with Crippen molar-refractivity contribution in [3.8, 4) is 0 Å². The van der Waals surface area contributed by atoms with Gasteiger partial charge in [-0.15, -0.1) is 11.8 Å². The summed E-state index contributed by atoms with van der Waals surface area (Å²) in [6.45, 7) is 0. The van der Waals surface area contributed by atoms with E-state index in [1.807, 2.05) is 0 Å². The van der Waals surface area contributed by atoms with Crippen molar-refractivity contribution in [2.45, 2.75) is 11.1 Å². The highest BCUT2D eigenvalue weighted by Crippen LogP contribution is 2.37. The summed E-state index contributed by atoms with van der Waals surface area (Å²) in [7, 11) is 0. The second-order valence-electron chi connectivity index (χ2n) is 2.64. The predicted molar refractivity (Wildman–Crippen MR) is 49.9 cm³/mol. The van der Waals surface area contributed by atoms with Crippen molar-refractivity contribution in [2.24, 2.45) is 0 Å². The maximum Gasteiger partial charge on any atom is 0.417 e. The lowest BCUT2D eigenvalue weighted by molar-refractivity contribution is -0.385. The molecule has 1 aromatic carbocycles. The van der Waals surface area contributed by atoms with Crippen molar-refractivity contribution in [2.75, 3.05) is 6.26 Å². The van der Waals surface area contributed by atoms with Crippen molar-refractivity contribution in [1.29, 1.82) is 0 Å². The maximum absolute atomic E-state index is 12.4. The van der Waals surface area contributed by atoms with Gasteiger partial charge >= 0.3 is 6.18 Å². The van der Waals surface area contributed by atoms with E-state index in [4.69, 9.17) is 0 Å². The fourth-order valence-corrected chi connectivity index (χ4v) is 1.67. The number of nitro groups is 1. The van der Waals surface area contributed by atoms with Crippen LogP contribution in [0.25, 0.3) is 0 Å². The SMILES string of the molecule is CSc1cc([N+](=O)[O-])ccc1C(F)(F)F. The summed E-state index contributed by atoms with van der Waals surface area (Å²) in [6.07, 6.45) is -3.04. The molecule has 0 aromatic heterocycles. The third-order valence-corrected chi connectivity index (χ3v) is 2.48. The Balaban J connectivity index is 3.27. The van der Waals surface area contributed by atoms with Crippen LogP contribution in [-0.4, -0.2) is 11.2 Å². The van der Waals surface area contributed by atoms with E-state index in [1.165, 1.54) is 6.26 Å². The first-order chi connectivity index (χ1) is 6.86. The number of rotatable bonds is 2. The molecule has 0 heterocycles. The fraction of sp³-hybridized carbons (Fsp3) is 0.250. The van der Waals surface area contributed by atoms with E-state index in [9.17, 15) is 23.3 Å². The molecule has 0 amide bonds. The number of thioether (sulfide) groups is 1. The second-order valence-corrected chi connectivity index (χ2v) is 3.49. The summed E-state index contributed by atoms with van der Waals surface area (Å²) in [4.78, 5) is 9.48. The summed E-state index contributed by atoms with van der Waals surface area (Å²) in [5.74, 6) is 0. The minimum atomic E-state index is -4.48. The van der Waals surface area contributed by atoms with Crippen LogP contribution >= 0.6 is 11.8 Å². The quantitative estimate of drug-likeness (QED) is 0.450. The molecular formula is C8H6F3NO2S.